The van der Waals surface area contributed by atoms with Crippen LogP contribution in [0.1, 0.15) is 26.1 Å². The summed E-state index contributed by atoms with van der Waals surface area (Å²) in [6, 6.07) is 0.212. The van der Waals surface area contributed by atoms with Crippen LogP contribution in [0, 0.1) is 5.92 Å². The van der Waals surface area contributed by atoms with Gasteiger partial charge >= 0.3 is 0 Å². The predicted molar refractivity (Wildman–Crippen MR) is 53.1 cm³/mol. The molecule has 1 aromatic rings. The highest BCUT2D eigenvalue weighted by molar-refractivity contribution is 4.85. The van der Waals surface area contributed by atoms with E-state index in [0.29, 0.717) is 5.92 Å². The molecule has 0 amide bonds. The van der Waals surface area contributed by atoms with Crippen molar-refractivity contribution >= 4 is 0 Å². The number of hydrogen-bond donors (Lipinski definition) is 2. The molecule has 1 aromatic heterocycles. The molecule has 6 heteroatoms. The number of aryl methyl sites for hydroxylation is 1. The van der Waals surface area contributed by atoms with Crippen molar-refractivity contribution in [3.63, 3.8) is 0 Å². The van der Waals surface area contributed by atoms with Crippen LogP contribution < -0.4 is 11.3 Å². The van der Waals surface area contributed by atoms with Gasteiger partial charge in [0.1, 0.15) is 0 Å². The maximum atomic E-state index is 5.47. The van der Waals surface area contributed by atoms with Gasteiger partial charge < -0.3 is 0 Å². The van der Waals surface area contributed by atoms with Gasteiger partial charge in [-0.3, -0.25) is 11.3 Å². The molecule has 1 heterocycles. The van der Waals surface area contributed by atoms with Gasteiger partial charge in [0.05, 0.1) is 7.05 Å². The fourth-order valence-corrected chi connectivity index (χ4v) is 1.31. The van der Waals surface area contributed by atoms with Crippen LogP contribution in [0.15, 0.2) is 0 Å². The van der Waals surface area contributed by atoms with E-state index >= 15 is 0 Å². The first-order valence-electron chi connectivity index (χ1n) is 4.86. The number of nitrogens with zero attached hydrogens (tertiary/aromatic N) is 4. The van der Waals surface area contributed by atoms with Crippen molar-refractivity contribution in [2.45, 2.75) is 32.7 Å². The highest BCUT2D eigenvalue weighted by Crippen LogP contribution is 2.09. The Kier molecular flexibility index (Phi) is 3.97. The van der Waals surface area contributed by atoms with Crippen molar-refractivity contribution in [1.29, 1.82) is 0 Å². The summed E-state index contributed by atoms with van der Waals surface area (Å²) in [5.41, 5.74) is 2.79. The third kappa shape index (κ3) is 2.74. The summed E-state index contributed by atoms with van der Waals surface area (Å²) >= 11 is 0. The third-order valence-electron chi connectivity index (χ3n) is 2.50. The second-order valence-electron chi connectivity index (χ2n) is 3.56. The SMILES string of the molecule is CCC(C)C(Cc1nnn(C)n1)NN. The van der Waals surface area contributed by atoms with E-state index < -0.39 is 0 Å². The quantitative estimate of drug-likeness (QED) is 0.498. The lowest BCUT2D eigenvalue weighted by Gasteiger charge is -2.20. The van der Waals surface area contributed by atoms with Gasteiger partial charge in [0.2, 0.25) is 0 Å². The van der Waals surface area contributed by atoms with E-state index in [2.05, 4.69) is 34.7 Å². The van der Waals surface area contributed by atoms with Crippen LogP contribution in [0.5, 0.6) is 0 Å². The average molecular weight is 198 g/mol. The summed E-state index contributed by atoms with van der Waals surface area (Å²) in [5.74, 6) is 6.71. The number of tetrazole rings is 1. The Balaban J connectivity index is 2.56. The Labute approximate surface area is 83.8 Å². The van der Waals surface area contributed by atoms with E-state index in [4.69, 9.17) is 5.84 Å². The van der Waals surface area contributed by atoms with Crippen molar-refractivity contribution in [2.75, 3.05) is 0 Å². The summed E-state index contributed by atoms with van der Waals surface area (Å²) in [6.45, 7) is 4.29. The molecule has 3 N–H and O–H groups in total. The lowest BCUT2D eigenvalue weighted by molar-refractivity contribution is 0.364. The third-order valence-corrected chi connectivity index (χ3v) is 2.50. The molecule has 0 saturated heterocycles. The van der Waals surface area contributed by atoms with Crippen LogP contribution >= 0.6 is 0 Å². The summed E-state index contributed by atoms with van der Waals surface area (Å²) in [7, 11) is 1.75. The maximum absolute atomic E-state index is 5.47. The zero-order chi connectivity index (χ0) is 10.6. The molecule has 0 aromatic carbocycles. The molecule has 0 spiro atoms. The van der Waals surface area contributed by atoms with Gasteiger partial charge in [0.15, 0.2) is 5.82 Å². The number of nitrogens with two attached hydrogens (primary N) is 1. The van der Waals surface area contributed by atoms with E-state index in [9.17, 15) is 0 Å². The molecule has 0 saturated carbocycles. The van der Waals surface area contributed by atoms with Crippen molar-refractivity contribution in [3.05, 3.63) is 5.82 Å². The van der Waals surface area contributed by atoms with E-state index in [1.54, 1.807) is 7.05 Å². The van der Waals surface area contributed by atoms with Gasteiger partial charge in [0, 0.05) is 12.5 Å². The predicted octanol–water partition coefficient (Wildman–Crippen LogP) is -0.369. The lowest BCUT2D eigenvalue weighted by Crippen LogP contribution is -2.41. The van der Waals surface area contributed by atoms with Gasteiger partial charge in [-0.05, 0) is 11.1 Å². The lowest BCUT2D eigenvalue weighted by atomic mass is 9.97. The smallest absolute Gasteiger partial charge is 0.176 e. The maximum Gasteiger partial charge on any atom is 0.176 e. The van der Waals surface area contributed by atoms with Crippen molar-refractivity contribution < 1.29 is 0 Å². The van der Waals surface area contributed by atoms with E-state index in [-0.39, 0.29) is 6.04 Å². The number of hydrogen-bond acceptors (Lipinski definition) is 5. The van der Waals surface area contributed by atoms with Crippen LogP contribution in [0.2, 0.25) is 0 Å². The molecular weight excluding hydrogens is 180 g/mol. The van der Waals surface area contributed by atoms with Gasteiger partial charge in [-0.2, -0.15) is 4.80 Å². The van der Waals surface area contributed by atoms with Crippen LogP contribution in [-0.2, 0) is 13.5 Å². The first-order valence-corrected chi connectivity index (χ1v) is 4.86. The highest BCUT2D eigenvalue weighted by Gasteiger charge is 2.16. The van der Waals surface area contributed by atoms with E-state index in [1.807, 2.05) is 0 Å². The van der Waals surface area contributed by atoms with Gasteiger partial charge in [-0.15, -0.1) is 10.2 Å². The van der Waals surface area contributed by atoms with Gasteiger partial charge in [-0.1, -0.05) is 20.3 Å². The topological polar surface area (TPSA) is 81.7 Å². The number of aromatic nitrogens is 4. The van der Waals surface area contributed by atoms with Gasteiger partial charge in [-0.25, -0.2) is 0 Å². The fourth-order valence-electron chi connectivity index (χ4n) is 1.31. The Hall–Kier alpha value is -1.01. The molecule has 80 valence electrons. The molecule has 0 aliphatic rings. The molecule has 0 aliphatic heterocycles. The molecule has 0 fully saturated rings. The van der Waals surface area contributed by atoms with Gasteiger partial charge in [0.25, 0.3) is 0 Å². The summed E-state index contributed by atoms with van der Waals surface area (Å²) < 4.78 is 0. The first kappa shape index (κ1) is 11.1. The zero-order valence-electron chi connectivity index (χ0n) is 8.94. The molecule has 2 atom stereocenters. The van der Waals surface area contributed by atoms with Crippen molar-refractivity contribution in [2.24, 2.45) is 18.8 Å². The largest absolute Gasteiger partial charge is 0.271 e. The molecule has 0 aliphatic carbocycles. The van der Waals surface area contributed by atoms with Crippen molar-refractivity contribution in [3.8, 4) is 0 Å². The van der Waals surface area contributed by atoms with Crippen LogP contribution in [0.4, 0.5) is 0 Å². The molecule has 14 heavy (non-hydrogen) atoms. The first-order chi connectivity index (χ1) is 6.67. The summed E-state index contributed by atoms with van der Waals surface area (Å²) in [5, 5.41) is 11.8. The van der Waals surface area contributed by atoms with E-state index in [1.165, 1.54) is 4.80 Å². The second-order valence-corrected chi connectivity index (χ2v) is 3.56. The van der Waals surface area contributed by atoms with Crippen LogP contribution in [-0.4, -0.2) is 26.2 Å². The standard InChI is InChI=1S/C8H18N6/c1-4-6(2)7(10-9)5-8-11-13-14(3)12-8/h6-7,10H,4-5,9H2,1-3H3. The summed E-state index contributed by atoms with van der Waals surface area (Å²) in [6.07, 6.45) is 1.80. The fraction of sp³-hybridized carbons (Fsp3) is 0.875. The normalized spacial score (nSPS) is 15.4. The number of nitrogens with one attached hydrogen (secondary N) is 1. The Morgan fingerprint density at radius 2 is 2.29 bits per heavy atom. The minimum atomic E-state index is 0.212. The zero-order valence-corrected chi connectivity index (χ0v) is 8.94. The van der Waals surface area contributed by atoms with Crippen molar-refractivity contribution in [1.82, 2.24) is 25.6 Å². The Morgan fingerprint density at radius 1 is 1.57 bits per heavy atom. The van der Waals surface area contributed by atoms with Crippen LogP contribution in [0.25, 0.3) is 0 Å². The second kappa shape index (κ2) is 5.02. The highest BCUT2D eigenvalue weighted by atomic mass is 15.6. The summed E-state index contributed by atoms with van der Waals surface area (Å²) in [4.78, 5) is 1.46. The monoisotopic (exact) mass is 198 g/mol. The minimum absolute atomic E-state index is 0.212. The average Bonchev–Trinajstić information content (AvgIpc) is 2.59. The molecule has 2 unspecified atom stereocenters. The minimum Gasteiger partial charge on any atom is -0.271 e. The molecule has 0 bridgehead atoms. The molecule has 0 radical (unpaired) electrons. The number of rotatable bonds is 5. The van der Waals surface area contributed by atoms with E-state index in [0.717, 1.165) is 18.7 Å². The molecule has 1 rings (SSSR count). The Bertz CT molecular complexity index is 271. The van der Waals surface area contributed by atoms with Crippen LogP contribution in [0.3, 0.4) is 0 Å². The Morgan fingerprint density at radius 3 is 2.71 bits per heavy atom. The molecule has 6 nitrogen and oxygen atoms in total. The molecular formula is C8H18N6. The number of hydrazine groups is 1.